The van der Waals surface area contributed by atoms with Crippen LogP contribution in [0.25, 0.3) is 0 Å². The first-order valence-electron chi connectivity index (χ1n) is 6.86. The number of ether oxygens (including phenoxy) is 1. The molecule has 0 fully saturated rings. The van der Waals surface area contributed by atoms with Gasteiger partial charge in [-0.15, -0.1) is 0 Å². The molecule has 2 amide bonds. The highest BCUT2D eigenvalue weighted by atomic mass is 16.5. The molecule has 0 aliphatic heterocycles. The molecule has 0 aliphatic rings. The molecule has 116 valence electrons. The van der Waals surface area contributed by atoms with Crippen molar-refractivity contribution in [2.24, 2.45) is 0 Å². The summed E-state index contributed by atoms with van der Waals surface area (Å²) in [6.45, 7) is 5.20. The molecule has 0 bridgehead atoms. The number of pyridine rings is 1. The Kier molecular flexibility index (Phi) is 7.17. The maximum absolute atomic E-state index is 12.0. The largest absolute Gasteiger partial charge is 0.383 e. The van der Waals surface area contributed by atoms with Crippen LogP contribution in [0.15, 0.2) is 18.3 Å². The SMILES string of the molecule is CCNc1ccc(C(=O)NC(C)C(=O)NCCOC)cn1. The van der Waals surface area contributed by atoms with Crippen molar-refractivity contribution < 1.29 is 14.3 Å². The minimum absolute atomic E-state index is 0.252. The van der Waals surface area contributed by atoms with E-state index in [1.54, 1.807) is 26.2 Å². The summed E-state index contributed by atoms with van der Waals surface area (Å²) in [6.07, 6.45) is 1.48. The Bertz CT molecular complexity index is 462. The molecule has 0 aromatic carbocycles. The average Bonchev–Trinajstić information content (AvgIpc) is 2.48. The zero-order valence-corrected chi connectivity index (χ0v) is 12.6. The van der Waals surface area contributed by atoms with Gasteiger partial charge in [-0.2, -0.15) is 0 Å². The molecule has 0 radical (unpaired) electrons. The first kappa shape index (κ1) is 16.9. The molecular weight excluding hydrogens is 272 g/mol. The third-order valence-corrected chi connectivity index (χ3v) is 2.73. The highest BCUT2D eigenvalue weighted by Gasteiger charge is 2.16. The van der Waals surface area contributed by atoms with Gasteiger partial charge in [-0.05, 0) is 26.0 Å². The topological polar surface area (TPSA) is 92.4 Å². The number of aromatic nitrogens is 1. The Labute approximate surface area is 124 Å². The van der Waals surface area contributed by atoms with Gasteiger partial charge < -0.3 is 20.7 Å². The van der Waals surface area contributed by atoms with Crippen molar-refractivity contribution in [2.45, 2.75) is 19.9 Å². The Morgan fingerprint density at radius 1 is 1.38 bits per heavy atom. The van der Waals surface area contributed by atoms with Gasteiger partial charge in [0.15, 0.2) is 0 Å². The van der Waals surface area contributed by atoms with Crippen molar-refractivity contribution in [2.75, 3.05) is 32.1 Å². The number of carbonyl (C=O) groups excluding carboxylic acids is 2. The maximum Gasteiger partial charge on any atom is 0.253 e. The second kappa shape index (κ2) is 8.91. The van der Waals surface area contributed by atoms with E-state index in [2.05, 4.69) is 20.9 Å². The van der Waals surface area contributed by atoms with Crippen molar-refractivity contribution in [3.05, 3.63) is 23.9 Å². The molecule has 0 spiro atoms. The molecule has 7 heteroatoms. The van der Waals surface area contributed by atoms with Gasteiger partial charge >= 0.3 is 0 Å². The van der Waals surface area contributed by atoms with Crippen molar-refractivity contribution in [3.8, 4) is 0 Å². The molecule has 1 rings (SSSR count). The quantitative estimate of drug-likeness (QED) is 0.603. The molecule has 1 aromatic heterocycles. The van der Waals surface area contributed by atoms with E-state index in [-0.39, 0.29) is 11.8 Å². The fourth-order valence-electron chi connectivity index (χ4n) is 1.59. The van der Waals surface area contributed by atoms with Crippen LogP contribution < -0.4 is 16.0 Å². The molecule has 1 unspecified atom stereocenters. The van der Waals surface area contributed by atoms with Gasteiger partial charge in [0.05, 0.1) is 12.2 Å². The Morgan fingerprint density at radius 3 is 2.71 bits per heavy atom. The standard InChI is InChI=1S/C14H22N4O3/c1-4-15-12-6-5-11(9-17-12)14(20)18-10(2)13(19)16-7-8-21-3/h5-6,9-10H,4,7-8H2,1-3H3,(H,15,17)(H,16,19)(H,18,20). The first-order valence-corrected chi connectivity index (χ1v) is 6.86. The number of methoxy groups -OCH3 is 1. The number of hydrogen-bond donors (Lipinski definition) is 3. The van der Waals surface area contributed by atoms with Crippen molar-refractivity contribution in [3.63, 3.8) is 0 Å². The summed E-state index contributed by atoms with van der Waals surface area (Å²) in [5.41, 5.74) is 0.410. The predicted octanol–water partition coefficient (Wildman–Crippen LogP) is 0.394. The average molecular weight is 294 g/mol. The van der Waals surface area contributed by atoms with E-state index in [0.29, 0.717) is 24.5 Å². The van der Waals surface area contributed by atoms with Gasteiger partial charge in [0.25, 0.3) is 5.91 Å². The van der Waals surface area contributed by atoms with E-state index in [0.717, 1.165) is 6.54 Å². The van der Waals surface area contributed by atoms with Gasteiger partial charge in [-0.3, -0.25) is 9.59 Å². The van der Waals surface area contributed by atoms with E-state index in [1.165, 1.54) is 6.20 Å². The van der Waals surface area contributed by atoms with Crippen LogP contribution in [0.5, 0.6) is 0 Å². The van der Waals surface area contributed by atoms with Crippen molar-refractivity contribution in [1.29, 1.82) is 0 Å². The third-order valence-electron chi connectivity index (χ3n) is 2.73. The van der Waals surface area contributed by atoms with Crippen LogP contribution in [0.4, 0.5) is 5.82 Å². The monoisotopic (exact) mass is 294 g/mol. The Balaban J connectivity index is 2.49. The molecule has 0 saturated heterocycles. The number of rotatable bonds is 8. The van der Waals surface area contributed by atoms with Gasteiger partial charge in [0, 0.05) is 26.4 Å². The number of amides is 2. The molecule has 7 nitrogen and oxygen atoms in total. The number of carbonyl (C=O) groups is 2. The number of anilines is 1. The number of nitrogens with one attached hydrogen (secondary N) is 3. The summed E-state index contributed by atoms with van der Waals surface area (Å²) in [4.78, 5) is 27.8. The van der Waals surface area contributed by atoms with Gasteiger partial charge in [-0.25, -0.2) is 4.98 Å². The predicted molar refractivity (Wildman–Crippen MR) is 80.2 cm³/mol. The van der Waals surface area contributed by atoms with E-state index >= 15 is 0 Å². The maximum atomic E-state index is 12.0. The highest BCUT2D eigenvalue weighted by Crippen LogP contribution is 2.04. The van der Waals surface area contributed by atoms with Crippen LogP contribution >= 0.6 is 0 Å². The lowest BCUT2D eigenvalue weighted by Crippen LogP contribution is -2.45. The van der Waals surface area contributed by atoms with E-state index in [4.69, 9.17) is 4.74 Å². The second-order valence-corrected chi connectivity index (χ2v) is 4.44. The molecule has 1 heterocycles. The zero-order valence-electron chi connectivity index (χ0n) is 12.6. The summed E-state index contributed by atoms with van der Waals surface area (Å²) in [5, 5.41) is 8.33. The fourth-order valence-corrected chi connectivity index (χ4v) is 1.59. The Morgan fingerprint density at radius 2 is 2.14 bits per heavy atom. The molecule has 21 heavy (non-hydrogen) atoms. The molecule has 0 saturated carbocycles. The van der Waals surface area contributed by atoms with Gasteiger partial charge in [-0.1, -0.05) is 0 Å². The fraction of sp³-hybridized carbons (Fsp3) is 0.500. The summed E-state index contributed by atoms with van der Waals surface area (Å²) in [5.74, 6) is 0.122. The number of nitrogens with zero attached hydrogens (tertiary/aromatic N) is 1. The summed E-state index contributed by atoms with van der Waals surface area (Å²) >= 11 is 0. The summed E-state index contributed by atoms with van der Waals surface area (Å²) in [6, 6.07) is 2.76. The zero-order chi connectivity index (χ0) is 15.7. The smallest absolute Gasteiger partial charge is 0.253 e. The van der Waals surface area contributed by atoms with Crippen LogP contribution in [0, 0.1) is 0 Å². The van der Waals surface area contributed by atoms with E-state index in [1.807, 2.05) is 6.92 Å². The third kappa shape index (κ3) is 5.78. The summed E-state index contributed by atoms with van der Waals surface area (Å²) < 4.78 is 4.84. The lowest BCUT2D eigenvalue weighted by molar-refractivity contribution is -0.122. The summed E-state index contributed by atoms with van der Waals surface area (Å²) in [7, 11) is 1.56. The molecular formula is C14H22N4O3. The van der Waals surface area contributed by atoms with Crippen LogP contribution in [-0.2, 0) is 9.53 Å². The molecule has 3 N–H and O–H groups in total. The Hall–Kier alpha value is -2.15. The van der Waals surface area contributed by atoms with Gasteiger partial charge in [0.2, 0.25) is 5.91 Å². The normalized spacial score (nSPS) is 11.6. The van der Waals surface area contributed by atoms with E-state index in [9.17, 15) is 9.59 Å². The van der Waals surface area contributed by atoms with Gasteiger partial charge in [0.1, 0.15) is 11.9 Å². The molecule has 1 atom stereocenters. The van der Waals surface area contributed by atoms with Crippen LogP contribution in [0.1, 0.15) is 24.2 Å². The minimum Gasteiger partial charge on any atom is -0.383 e. The molecule has 1 aromatic rings. The first-order chi connectivity index (χ1) is 10.1. The van der Waals surface area contributed by atoms with Crippen molar-refractivity contribution in [1.82, 2.24) is 15.6 Å². The molecule has 0 aliphatic carbocycles. The second-order valence-electron chi connectivity index (χ2n) is 4.44. The van der Waals surface area contributed by atoms with Crippen LogP contribution in [0.3, 0.4) is 0 Å². The lowest BCUT2D eigenvalue weighted by atomic mass is 10.2. The van der Waals surface area contributed by atoms with E-state index < -0.39 is 6.04 Å². The lowest BCUT2D eigenvalue weighted by Gasteiger charge is -2.14. The number of hydrogen-bond acceptors (Lipinski definition) is 5. The highest BCUT2D eigenvalue weighted by molar-refractivity contribution is 5.97. The van der Waals surface area contributed by atoms with Crippen molar-refractivity contribution >= 4 is 17.6 Å². The van der Waals surface area contributed by atoms with Crippen LogP contribution in [0.2, 0.25) is 0 Å². The minimum atomic E-state index is -0.622. The van der Waals surface area contributed by atoms with Crippen LogP contribution in [-0.4, -0.2) is 49.6 Å².